The van der Waals surface area contributed by atoms with Gasteiger partial charge in [0.05, 0.1) is 0 Å². The second-order valence-corrected chi connectivity index (χ2v) is 8.38. The van der Waals surface area contributed by atoms with Gasteiger partial charge in [0, 0.05) is 63.3 Å². The minimum atomic E-state index is 0.397. The predicted octanol–water partition coefficient (Wildman–Crippen LogP) is 3.62. The largest absolute Gasteiger partial charge is 0.369 e. The summed E-state index contributed by atoms with van der Waals surface area (Å²) in [6.07, 6.45) is 5.85. The molecule has 0 bridgehead atoms. The third-order valence-electron chi connectivity index (χ3n) is 5.88. The highest BCUT2D eigenvalue weighted by molar-refractivity contribution is 5.80. The van der Waals surface area contributed by atoms with Crippen LogP contribution in [-0.4, -0.2) is 47.7 Å². The molecule has 1 atom stereocenters. The Hall–Kier alpha value is -3.28. The SMILES string of the molecule is CCNC(=NCCc1nccn1Cc1ccccc1)NC1CCN(c2ccc(C)cc2)C1. The maximum atomic E-state index is 4.83. The molecule has 6 nitrogen and oxygen atoms in total. The topological polar surface area (TPSA) is 57.5 Å². The number of imidazole rings is 1. The molecular weight excluding hydrogens is 396 g/mol. The summed E-state index contributed by atoms with van der Waals surface area (Å²) in [5.74, 6) is 1.96. The molecule has 0 amide bonds. The number of nitrogens with zero attached hydrogens (tertiary/aromatic N) is 4. The Morgan fingerprint density at radius 2 is 1.94 bits per heavy atom. The molecule has 1 unspecified atom stereocenters. The molecule has 1 fully saturated rings. The van der Waals surface area contributed by atoms with Gasteiger partial charge in [-0.2, -0.15) is 0 Å². The van der Waals surface area contributed by atoms with E-state index in [0.717, 1.165) is 50.8 Å². The third kappa shape index (κ3) is 5.90. The van der Waals surface area contributed by atoms with Gasteiger partial charge in [-0.15, -0.1) is 0 Å². The van der Waals surface area contributed by atoms with Crippen molar-refractivity contribution in [1.29, 1.82) is 0 Å². The lowest BCUT2D eigenvalue weighted by molar-refractivity contribution is 0.647. The first-order valence-electron chi connectivity index (χ1n) is 11.6. The lowest BCUT2D eigenvalue weighted by atomic mass is 10.2. The minimum Gasteiger partial charge on any atom is -0.369 e. The van der Waals surface area contributed by atoms with Crippen LogP contribution in [0.25, 0.3) is 0 Å². The van der Waals surface area contributed by atoms with Crippen LogP contribution in [0.5, 0.6) is 0 Å². The van der Waals surface area contributed by atoms with Crippen LogP contribution < -0.4 is 15.5 Å². The van der Waals surface area contributed by atoms with Crippen molar-refractivity contribution in [3.05, 3.63) is 83.9 Å². The van der Waals surface area contributed by atoms with Crippen molar-refractivity contribution < 1.29 is 0 Å². The Labute approximate surface area is 191 Å². The Kier molecular flexibility index (Phi) is 7.43. The highest BCUT2D eigenvalue weighted by Crippen LogP contribution is 2.20. The number of aliphatic imine (C=N–C) groups is 1. The summed E-state index contributed by atoms with van der Waals surface area (Å²) in [6.45, 7) is 8.70. The quantitative estimate of drug-likeness (QED) is 0.423. The minimum absolute atomic E-state index is 0.397. The number of benzene rings is 2. The van der Waals surface area contributed by atoms with Crippen molar-refractivity contribution in [3.63, 3.8) is 0 Å². The molecule has 0 radical (unpaired) electrons. The number of rotatable bonds is 8. The first-order valence-corrected chi connectivity index (χ1v) is 11.6. The van der Waals surface area contributed by atoms with Crippen molar-refractivity contribution in [1.82, 2.24) is 20.2 Å². The van der Waals surface area contributed by atoms with Crippen molar-refractivity contribution in [2.75, 3.05) is 31.1 Å². The summed E-state index contributed by atoms with van der Waals surface area (Å²) in [7, 11) is 0. The Morgan fingerprint density at radius 1 is 1.12 bits per heavy atom. The maximum Gasteiger partial charge on any atom is 0.191 e. The second-order valence-electron chi connectivity index (χ2n) is 8.38. The molecule has 3 aromatic rings. The fourth-order valence-electron chi connectivity index (χ4n) is 4.14. The van der Waals surface area contributed by atoms with Gasteiger partial charge >= 0.3 is 0 Å². The van der Waals surface area contributed by atoms with Crippen molar-refractivity contribution >= 4 is 11.6 Å². The summed E-state index contributed by atoms with van der Waals surface area (Å²) < 4.78 is 2.21. The summed E-state index contributed by atoms with van der Waals surface area (Å²) in [5.41, 5.74) is 3.88. The van der Waals surface area contributed by atoms with E-state index in [1.165, 1.54) is 16.8 Å². The van der Waals surface area contributed by atoms with E-state index in [1.807, 2.05) is 18.5 Å². The van der Waals surface area contributed by atoms with Crippen LogP contribution in [0.1, 0.15) is 30.3 Å². The van der Waals surface area contributed by atoms with Crippen molar-refractivity contribution in [2.24, 2.45) is 4.99 Å². The molecule has 2 N–H and O–H groups in total. The number of hydrogen-bond acceptors (Lipinski definition) is 3. The van der Waals surface area contributed by atoms with E-state index in [1.54, 1.807) is 0 Å². The fourth-order valence-corrected chi connectivity index (χ4v) is 4.14. The number of guanidine groups is 1. The predicted molar refractivity (Wildman–Crippen MR) is 132 cm³/mol. The fraction of sp³-hybridized carbons (Fsp3) is 0.385. The van der Waals surface area contributed by atoms with Crippen molar-refractivity contribution in [2.45, 2.75) is 39.3 Å². The molecule has 1 saturated heterocycles. The number of hydrogen-bond donors (Lipinski definition) is 2. The molecule has 1 aliphatic rings. The van der Waals surface area contributed by atoms with Crippen LogP contribution in [0.4, 0.5) is 5.69 Å². The maximum absolute atomic E-state index is 4.83. The van der Waals surface area contributed by atoms with Crippen LogP contribution in [0.2, 0.25) is 0 Å². The van der Waals surface area contributed by atoms with Gasteiger partial charge in [-0.05, 0) is 38.0 Å². The second kappa shape index (κ2) is 10.8. The van der Waals surface area contributed by atoms with Gasteiger partial charge < -0.3 is 20.1 Å². The average Bonchev–Trinajstić information content (AvgIpc) is 3.45. The zero-order chi connectivity index (χ0) is 22.2. The molecule has 4 rings (SSSR count). The van der Waals surface area contributed by atoms with Gasteiger partial charge in [-0.25, -0.2) is 4.98 Å². The van der Waals surface area contributed by atoms with E-state index in [2.05, 4.69) is 87.5 Å². The van der Waals surface area contributed by atoms with Gasteiger partial charge in [0.25, 0.3) is 0 Å². The van der Waals surface area contributed by atoms with E-state index < -0.39 is 0 Å². The Morgan fingerprint density at radius 3 is 2.72 bits per heavy atom. The van der Waals surface area contributed by atoms with E-state index >= 15 is 0 Å². The molecule has 2 aromatic carbocycles. The first kappa shape index (κ1) is 21.9. The van der Waals surface area contributed by atoms with Gasteiger partial charge in [-0.3, -0.25) is 4.99 Å². The standard InChI is InChI=1S/C26H34N6/c1-3-27-26(30-23-14-17-31(20-23)24-11-9-21(2)10-12-24)29-15-13-25-28-16-18-32(25)19-22-7-5-4-6-8-22/h4-12,16,18,23H,3,13-15,17,19-20H2,1-2H3,(H2,27,29,30). The number of anilines is 1. The van der Waals surface area contributed by atoms with Crippen molar-refractivity contribution in [3.8, 4) is 0 Å². The molecule has 0 saturated carbocycles. The summed E-state index contributed by atoms with van der Waals surface area (Å²) in [5, 5.41) is 7.03. The highest BCUT2D eigenvalue weighted by Gasteiger charge is 2.23. The van der Waals surface area contributed by atoms with E-state index in [9.17, 15) is 0 Å². The van der Waals surface area contributed by atoms with Crippen LogP contribution in [0.3, 0.4) is 0 Å². The van der Waals surface area contributed by atoms with E-state index in [4.69, 9.17) is 4.99 Å². The van der Waals surface area contributed by atoms with Gasteiger partial charge in [0.1, 0.15) is 5.82 Å². The normalized spacial score (nSPS) is 16.4. The summed E-state index contributed by atoms with van der Waals surface area (Å²) in [4.78, 5) is 11.8. The highest BCUT2D eigenvalue weighted by atomic mass is 15.2. The molecule has 2 heterocycles. The smallest absolute Gasteiger partial charge is 0.191 e. The molecule has 0 spiro atoms. The number of nitrogens with one attached hydrogen (secondary N) is 2. The van der Waals surface area contributed by atoms with Crippen LogP contribution >= 0.6 is 0 Å². The Bertz CT molecular complexity index is 993. The van der Waals surface area contributed by atoms with Crippen LogP contribution in [0.15, 0.2) is 72.0 Å². The molecule has 168 valence electrons. The van der Waals surface area contributed by atoms with Crippen LogP contribution in [-0.2, 0) is 13.0 Å². The van der Waals surface area contributed by atoms with E-state index in [-0.39, 0.29) is 0 Å². The zero-order valence-corrected chi connectivity index (χ0v) is 19.2. The number of aryl methyl sites for hydroxylation is 1. The van der Waals surface area contributed by atoms with Gasteiger partial charge in [0.15, 0.2) is 5.96 Å². The van der Waals surface area contributed by atoms with Gasteiger partial charge in [0.2, 0.25) is 0 Å². The summed E-state index contributed by atoms with van der Waals surface area (Å²) >= 11 is 0. The Balaban J connectivity index is 1.31. The van der Waals surface area contributed by atoms with E-state index in [0.29, 0.717) is 12.6 Å². The molecule has 0 aliphatic carbocycles. The molecule has 1 aliphatic heterocycles. The van der Waals surface area contributed by atoms with Gasteiger partial charge in [-0.1, -0.05) is 48.0 Å². The first-order chi connectivity index (χ1) is 15.7. The molecule has 1 aromatic heterocycles. The van der Waals surface area contributed by atoms with Crippen LogP contribution in [0, 0.1) is 6.92 Å². The summed E-state index contributed by atoms with van der Waals surface area (Å²) in [6, 6.07) is 19.7. The molecule has 6 heteroatoms. The number of aromatic nitrogens is 2. The zero-order valence-electron chi connectivity index (χ0n) is 19.2. The lowest BCUT2D eigenvalue weighted by Gasteiger charge is -2.20. The molecular formula is C26H34N6. The molecule has 32 heavy (non-hydrogen) atoms. The monoisotopic (exact) mass is 430 g/mol. The lowest BCUT2D eigenvalue weighted by Crippen LogP contribution is -2.44. The third-order valence-corrected chi connectivity index (χ3v) is 5.88. The average molecular weight is 431 g/mol.